The summed E-state index contributed by atoms with van der Waals surface area (Å²) >= 11 is 22.8. The fraction of sp³-hybridized carbons (Fsp3) is 0.522. The third kappa shape index (κ3) is 31.5. The van der Waals surface area contributed by atoms with E-state index in [0.29, 0.717) is 47.2 Å². The van der Waals surface area contributed by atoms with E-state index < -0.39 is 120 Å². The molecule has 0 saturated carbocycles. The zero-order valence-corrected chi connectivity index (χ0v) is 77.7. The first-order valence-electron chi connectivity index (χ1n) is 34.0. The maximum absolute atomic E-state index is 12.6. The van der Waals surface area contributed by atoms with Crippen molar-refractivity contribution < 1.29 is 111 Å². The number of hydrogen-bond donors (Lipinski definition) is 8. The maximum atomic E-state index is 12.6. The average Bonchev–Trinajstić information content (AvgIpc) is 1.66. The van der Waals surface area contributed by atoms with Crippen LogP contribution >= 0.6 is 147 Å². The number of carbonyl (C=O) groups is 4. The molecule has 112 heavy (non-hydrogen) atoms. The second-order valence-electron chi connectivity index (χ2n) is 22.9. The van der Waals surface area contributed by atoms with Crippen molar-refractivity contribution in [1.82, 2.24) is 39.9 Å². The number of hydrogen-bond acceptors (Lipinski definition) is 33. The minimum absolute atomic E-state index is 0. The SMILES string of the molecule is C.CC.CC.CS(=O)c1ncc(Br)c(C(=O)OC2CO[C@H]3[C@@H]2OC[C@@H]3O)n1.CSc1ncc(Br)c(C(=O)O)n1.CSc1ncc(Br)c(C(=O)OC2CO[C@H]3[C@@H]2OC[C@@H]3O)n1.NCc1ccccc1.O=C(OC1CO[C@H]2[C@@H]1OC[C@@H]2O)c1nc(NCc2ccccc2)ncc1Br.O[C@@H]1CO[C@H]2[C@@H]1OC[C@@H]2O.[CH2-]CC.[I][V]([I])[I]. The van der Waals surface area contributed by atoms with Crippen LogP contribution in [0.2, 0.25) is 0 Å². The Bertz CT molecular complexity index is 3860. The number of aromatic carboxylic acids is 1. The van der Waals surface area contributed by atoms with Crippen molar-refractivity contribution in [2.45, 2.75) is 175 Å². The van der Waals surface area contributed by atoms with Crippen LogP contribution in [0.15, 0.2) is 119 Å². The van der Waals surface area contributed by atoms with Gasteiger partial charge in [0, 0.05) is 44.1 Å². The van der Waals surface area contributed by atoms with Crippen LogP contribution in [-0.4, -0.2) is 268 Å². The van der Waals surface area contributed by atoms with Gasteiger partial charge in [-0.3, -0.25) is 4.21 Å². The Labute approximate surface area is 732 Å². The molecule has 0 radical (unpaired) electrons. The molecule has 8 aliphatic rings. The second kappa shape index (κ2) is 53.9. The van der Waals surface area contributed by atoms with Gasteiger partial charge in [0.2, 0.25) is 11.1 Å². The molecule has 8 fully saturated rings. The first kappa shape index (κ1) is 102. The molecule has 12 heterocycles. The van der Waals surface area contributed by atoms with Crippen LogP contribution < -0.4 is 11.1 Å². The summed E-state index contributed by atoms with van der Waals surface area (Å²) < 4.78 is 72.0. The molecule has 43 heteroatoms. The van der Waals surface area contributed by atoms with E-state index in [4.69, 9.17) is 73.2 Å². The van der Waals surface area contributed by atoms with Gasteiger partial charge in [-0.25, -0.2) is 59.0 Å². The number of nitrogens with one attached hydrogen (secondary N) is 1. The Hall–Kier alpha value is -2.58. The molecule has 0 spiro atoms. The van der Waals surface area contributed by atoms with Crippen molar-refractivity contribution in [3.05, 3.63) is 144 Å². The fourth-order valence-corrected chi connectivity index (χ4v) is 13.0. The molecule has 0 bridgehead atoms. The molecular formula is C69H91Br4I3N10O22S3V-. The number of carboxylic acid groups (broad SMARTS) is 1. The summed E-state index contributed by atoms with van der Waals surface area (Å²) in [5.74, 6) is -2.60. The number of nitrogens with two attached hydrogens (primary N) is 1. The molecule has 622 valence electrons. The van der Waals surface area contributed by atoms with Gasteiger partial charge in [-0.1, -0.05) is 126 Å². The van der Waals surface area contributed by atoms with Crippen molar-refractivity contribution in [2.75, 3.05) is 76.9 Å². The van der Waals surface area contributed by atoms with E-state index in [9.17, 15) is 38.7 Å². The number of fused-ring (bicyclic) bond motifs is 4. The Kier molecular flexibility index (Phi) is 48.9. The van der Waals surface area contributed by atoms with Crippen LogP contribution in [-0.2, 0) is 80.9 Å². The van der Waals surface area contributed by atoms with Crippen LogP contribution in [0, 0.1) is 6.92 Å². The van der Waals surface area contributed by atoms with E-state index >= 15 is 0 Å². The number of carbonyl (C=O) groups excluding carboxylic acids is 3. The molecule has 9 N–H and O–H groups in total. The molecule has 17 atom stereocenters. The van der Waals surface area contributed by atoms with Crippen LogP contribution in [0.1, 0.15) is 102 Å². The predicted octanol–water partition coefficient (Wildman–Crippen LogP) is 9.72. The van der Waals surface area contributed by atoms with Crippen LogP contribution in [0.3, 0.4) is 0 Å². The first-order chi connectivity index (χ1) is 53.2. The molecule has 32 nitrogen and oxygen atoms in total. The van der Waals surface area contributed by atoms with Gasteiger partial charge in [0.05, 0.1) is 81.5 Å². The summed E-state index contributed by atoms with van der Waals surface area (Å²) in [7, 11) is -1.41. The fourth-order valence-electron chi connectivity index (χ4n) is 10.5. The third-order valence-corrected chi connectivity index (χ3v) is 19.6. The number of ether oxygens (including phenoxy) is 11. The zero-order chi connectivity index (χ0) is 82.0. The normalized spacial score (nSPS) is 25.6. The number of benzene rings is 2. The number of halogens is 7. The summed E-state index contributed by atoms with van der Waals surface area (Å²) in [6.07, 6.45) is 3.56. The first-order valence-corrected chi connectivity index (χ1v) is 54.7. The van der Waals surface area contributed by atoms with E-state index in [-0.39, 0.29) is 105 Å². The molecule has 14 rings (SSSR count). The van der Waals surface area contributed by atoms with Gasteiger partial charge in [0.25, 0.3) is 0 Å². The second-order valence-corrected chi connectivity index (χ2v) is 64.5. The number of aromatic nitrogens is 8. The Morgan fingerprint density at radius 1 is 0.527 bits per heavy atom. The number of carboxylic acids is 1. The predicted molar refractivity (Wildman–Crippen MR) is 453 cm³/mol. The molecule has 8 saturated heterocycles. The Morgan fingerprint density at radius 2 is 0.821 bits per heavy atom. The number of thioether (sulfide) groups is 2. The van der Waals surface area contributed by atoms with Gasteiger partial charge in [-0.2, -0.15) is 6.42 Å². The number of rotatable bonds is 14. The summed E-state index contributed by atoms with van der Waals surface area (Å²) in [6, 6.07) is 19.8. The van der Waals surface area contributed by atoms with Crippen molar-refractivity contribution in [3.8, 4) is 0 Å². The van der Waals surface area contributed by atoms with E-state index in [1.54, 1.807) is 6.26 Å². The van der Waals surface area contributed by atoms with Crippen molar-refractivity contribution in [2.24, 2.45) is 5.73 Å². The van der Waals surface area contributed by atoms with Crippen molar-refractivity contribution in [3.63, 3.8) is 0 Å². The van der Waals surface area contributed by atoms with E-state index in [2.05, 4.69) is 176 Å². The number of aliphatic hydroxyl groups is 5. The molecule has 2 aromatic carbocycles. The molecule has 4 aromatic heterocycles. The number of aliphatic hydroxyl groups excluding tert-OH is 5. The molecule has 4 unspecified atom stereocenters. The molecule has 6 aromatic rings. The van der Waals surface area contributed by atoms with E-state index in [1.807, 2.05) is 102 Å². The summed E-state index contributed by atoms with van der Waals surface area (Å²) in [6.45, 7) is 16.3. The summed E-state index contributed by atoms with van der Waals surface area (Å²) in [5, 5.41) is 60.1. The van der Waals surface area contributed by atoms with Gasteiger partial charge in [0.15, 0.2) is 51.4 Å². The van der Waals surface area contributed by atoms with Gasteiger partial charge in [0.1, 0.15) is 79.4 Å². The zero-order valence-electron chi connectivity index (χ0n) is 61.0. The van der Waals surface area contributed by atoms with E-state index in [1.165, 1.54) is 60.1 Å². The summed E-state index contributed by atoms with van der Waals surface area (Å²) in [4.78, 5) is 79.4. The standard InChI is InChI=1S/C18H18BrN3O5.C12H13BrN2O6S.C12H13BrN2O5S.C7H9N.C6H5BrN2O2S.C6H10O4.C3H7.2C2H6.CH4.3HI.V/c19-11-7-21-18(20-6-10-4-2-1-3-5-10)22-14(11)17(24)27-13-9-26-15-12(23)8-25-16(13)15;1-22(18)12-14-2-5(13)8(15-12)11(17)21-7-4-20-9-6(16)3-19-10(7)9;1-21-12-14-2-5(13)8(15-12)11(17)20-7-4-19-9-6(16)3-18-10(7)9;8-6-7-4-2-1-3-5-7;1-12-6-8-2-3(7)4(9-6)5(10)11;7-3-1-9-6-4(8)2-10-5(3)6;1-3-2;2*1-2;;;;;/h1-5,7,12-13,15-16,23H,6,8-9H2,(H,20,21,22);2,6-7,9-10,16H,3-4H2,1H3;2,6-7,9-10,16H,3-4H2,1H3;1-5H,6,8H2;2H,1H3,(H,10,11);3-8H,1-2H2;1,3H2,2H3;2*1-2H3;1H4;3*1H;/q;;;;;;-1;;;;;;;+3/p-3/t12-,13?,15+,16+;6-,7?,9+,10+,22?;6-,7?,9+,10+;;;3-,4+,5-,6-;;;;;;;;/m000..1......../s1. The quantitative estimate of drug-likeness (QED) is 0.0125. The monoisotopic (exact) mass is 2250 g/mol. The summed E-state index contributed by atoms with van der Waals surface area (Å²) in [5.41, 5.74) is 7.87. The molecule has 8 aliphatic heterocycles. The molecular weight excluding hydrogens is 2170 g/mol. The Balaban J connectivity index is 0.000000286. The number of esters is 3. The number of anilines is 1. The van der Waals surface area contributed by atoms with Crippen molar-refractivity contribution >= 4 is 188 Å². The van der Waals surface area contributed by atoms with Gasteiger partial charge < -0.3 is 101 Å². The van der Waals surface area contributed by atoms with Gasteiger partial charge in [-0.15, -0.1) is 0 Å². The molecule has 0 amide bonds. The average molecular weight is 2260 g/mol. The Morgan fingerprint density at radius 3 is 1.16 bits per heavy atom. The van der Waals surface area contributed by atoms with Gasteiger partial charge >= 0.3 is 88.7 Å². The number of nitrogens with zero attached hydrogens (tertiary/aromatic N) is 8. The van der Waals surface area contributed by atoms with Crippen LogP contribution in [0.4, 0.5) is 5.95 Å². The van der Waals surface area contributed by atoms with Crippen LogP contribution in [0.25, 0.3) is 0 Å². The van der Waals surface area contributed by atoms with Gasteiger partial charge in [-0.05, 0) is 87.4 Å². The topological polar surface area (TPSA) is 449 Å². The third-order valence-electron chi connectivity index (χ3n) is 15.4. The minimum atomic E-state index is -1.41. The van der Waals surface area contributed by atoms with Crippen LogP contribution in [0.5, 0.6) is 0 Å². The molecule has 0 aliphatic carbocycles. The van der Waals surface area contributed by atoms with E-state index in [0.717, 1.165) is 12.0 Å². The van der Waals surface area contributed by atoms with Crippen molar-refractivity contribution in [1.29, 1.82) is 0 Å².